The van der Waals surface area contributed by atoms with Crippen molar-refractivity contribution in [2.24, 2.45) is 5.92 Å². The lowest BCUT2D eigenvalue weighted by Crippen LogP contribution is -2.29. The lowest BCUT2D eigenvalue weighted by molar-refractivity contribution is 0.0945. The summed E-state index contributed by atoms with van der Waals surface area (Å²) in [5.74, 6) is 0.713. The van der Waals surface area contributed by atoms with Crippen LogP contribution in [0.2, 0.25) is 0 Å². The van der Waals surface area contributed by atoms with Gasteiger partial charge in [-0.15, -0.1) is 0 Å². The Labute approximate surface area is 129 Å². The van der Waals surface area contributed by atoms with E-state index >= 15 is 0 Å². The quantitative estimate of drug-likeness (QED) is 0.785. The number of unbranched alkanes of at least 4 members (excludes halogenated alkanes) is 1. The maximum atomic E-state index is 12.3. The average Bonchev–Trinajstić information content (AvgIpc) is 2.54. The third-order valence-corrected chi connectivity index (χ3v) is 4.71. The molecule has 0 spiro atoms. The summed E-state index contributed by atoms with van der Waals surface area (Å²) in [4.78, 5) is 12.3. The van der Waals surface area contributed by atoms with Crippen molar-refractivity contribution in [3.05, 3.63) is 34.9 Å². The maximum absolute atomic E-state index is 12.3. The maximum Gasteiger partial charge on any atom is 0.251 e. The van der Waals surface area contributed by atoms with E-state index < -0.39 is 0 Å². The molecule has 0 radical (unpaired) electrons. The number of hydrogen-bond acceptors (Lipinski definition) is 1. The zero-order valence-electron chi connectivity index (χ0n) is 13.6. The summed E-state index contributed by atoms with van der Waals surface area (Å²) in [5.41, 5.74) is 3.65. The highest BCUT2D eigenvalue weighted by atomic mass is 16.1. The molecule has 1 atom stereocenters. The van der Waals surface area contributed by atoms with E-state index in [1.54, 1.807) is 0 Å². The van der Waals surface area contributed by atoms with E-state index in [1.165, 1.54) is 49.7 Å². The molecule has 2 nitrogen and oxygen atoms in total. The predicted molar refractivity (Wildman–Crippen MR) is 88.7 cm³/mol. The van der Waals surface area contributed by atoms with Crippen molar-refractivity contribution in [2.75, 3.05) is 6.54 Å². The van der Waals surface area contributed by atoms with Gasteiger partial charge in [0.25, 0.3) is 5.91 Å². The summed E-state index contributed by atoms with van der Waals surface area (Å²) in [6.07, 6.45) is 9.70. The Balaban J connectivity index is 1.90. The van der Waals surface area contributed by atoms with Gasteiger partial charge in [0, 0.05) is 12.1 Å². The van der Waals surface area contributed by atoms with Crippen LogP contribution in [0.3, 0.4) is 0 Å². The Morgan fingerprint density at radius 1 is 1.19 bits per heavy atom. The summed E-state index contributed by atoms with van der Waals surface area (Å²) in [6.45, 7) is 5.25. The Morgan fingerprint density at radius 3 is 2.67 bits per heavy atom. The molecule has 0 aromatic heterocycles. The van der Waals surface area contributed by atoms with E-state index in [0.717, 1.165) is 24.9 Å². The fourth-order valence-electron chi connectivity index (χ4n) is 3.16. The predicted octanol–water partition coefficient (Wildman–Crippen LogP) is 4.51. The molecule has 0 saturated heterocycles. The minimum Gasteiger partial charge on any atom is -0.352 e. The van der Waals surface area contributed by atoms with Gasteiger partial charge in [0.1, 0.15) is 0 Å². The van der Waals surface area contributed by atoms with Crippen LogP contribution in [0.5, 0.6) is 0 Å². The van der Waals surface area contributed by atoms with Crippen molar-refractivity contribution >= 4 is 5.91 Å². The highest BCUT2D eigenvalue weighted by molar-refractivity contribution is 5.94. The Hall–Kier alpha value is -1.31. The Bertz CT molecular complexity index is 467. The molecule has 1 unspecified atom stereocenters. The summed E-state index contributed by atoms with van der Waals surface area (Å²) >= 11 is 0. The number of carbonyl (C=O) groups is 1. The second-order valence-corrected chi connectivity index (χ2v) is 6.32. The summed E-state index contributed by atoms with van der Waals surface area (Å²) in [7, 11) is 0. The van der Waals surface area contributed by atoms with Crippen LogP contribution in [0.1, 0.15) is 73.9 Å². The van der Waals surface area contributed by atoms with Crippen molar-refractivity contribution in [3.63, 3.8) is 0 Å². The average molecular weight is 287 g/mol. The second kappa shape index (κ2) is 8.21. The first kappa shape index (κ1) is 16.1. The third-order valence-electron chi connectivity index (χ3n) is 4.71. The normalized spacial score (nSPS) is 15.3. The number of hydrogen-bond donors (Lipinski definition) is 1. The van der Waals surface area contributed by atoms with E-state index in [9.17, 15) is 4.79 Å². The molecule has 1 aromatic rings. The Morgan fingerprint density at radius 2 is 1.95 bits per heavy atom. The van der Waals surface area contributed by atoms with E-state index in [-0.39, 0.29) is 5.91 Å². The van der Waals surface area contributed by atoms with Gasteiger partial charge in [-0.1, -0.05) is 39.2 Å². The zero-order chi connectivity index (χ0) is 15.1. The van der Waals surface area contributed by atoms with Crippen LogP contribution >= 0.6 is 0 Å². The number of aryl methyl sites for hydroxylation is 2. The number of benzene rings is 1. The minimum atomic E-state index is 0.0957. The van der Waals surface area contributed by atoms with Gasteiger partial charge in [0.05, 0.1) is 0 Å². The van der Waals surface area contributed by atoms with Crippen molar-refractivity contribution < 1.29 is 4.79 Å². The van der Waals surface area contributed by atoms with Crippen LogP contribution in [-0.2, 0) is 12.8 Å². The van der Waals surface area contributed by atoms with Crippen LogP contribution in [-0.4, -0.2) is 12.5 Å². The monoisotopic (exact) mass is 287 g/mol. The van der Waals surface area contributed by atoms with Gasteiger partial charge < -0.3 is 5.32 Å². The molecule has 1 N–H and O–H groups in total. The molecule has 0 heterocycles. The van der Waals surface area contributed by atoms with Crippen molar-refractivity contribution in [3.8, 4) is 0 Å². The van der Waals surface area contributed by atoms with Gasteiger partial charge in [-0.25, -0.2) is 0 Å². The molecular formula is C19H29NO. The van der Waals surface area contributed by atoms with Gasteiger partial charge >= 0.3 is 0 Å². The number of fused-ring (bicyclic) bond motifs is 1. The van der Waals surface area contributed by atoms with Crippen molar-refractivity contribution in [2.45, 2.75) is 65.2 Å². The van der Waals surface area contributed by atoms with Gasteiger partial charge in [0.2, 0.25) is 0 Å². The smallest absolute Gasteiger partial charge is 0.251 e. The third kappa shape index (κ3) is 4.59. The highest BCUT2D eigenvalue weighted by Gasteiger charge is 2.14. The van der Waals surface area contributed by atoms with Crippen molar-refractivity contribution in [1.29, 1.82) is 0 Å². The van der Waals surface area contributed by atoms with Crippen LogP contribution in [0, 0.1) is 5.92 Å². The van der Waals surface area contributed by atoms with E-state index in [0.29, 0.717) is 5.92 Å². The van der Waals surface area contributed by atoms with Crippen LogP contribution in [0.25, 0.3) is 0 Å². The molecule has 0 fully saturated rings. The molecule has 2 rings (SSSR count). The topological polar surface area (TPSA) is 29.1 Å². The number of nitrogens with one attached hydrogen (secondary N) is 1. The Kier molecular flexibility index (Phi) is 6.28. The fraction of sp³-hybridized carbons (Fsp3) is 0.632. The molecule has 1 amide bonds. The molecule has 1 aromatic carbocycles. The summed E-state index contributed by atoms with van der Waals surface area (Å²) in [6, 6.07) is 6.25. The SMILES string of the molecule is CCCCC(CC)CNC(=O)c1ccc2c(c1)CCCC2. The first-order valence-corrected chi connectivity index (χ1v) is 8.64. The van der Waals surface area contributed by atoms with Gasteiger partial charge in [-0.3, -0.25) is 4.79 Å². The minimum absolute atomic E-state index is 0.0957. The molecule has 0 saturated carbocycles. The van der Waals surface area contributed by atoms with Gasteiger partial charge in [-0.2, -0.15) is 0 Å². The lowest BCUT2D eigenvalue weighted by Gasteiger charge is -2.18. The fourth-order valence-corrected chi connectivity index (χ4v) is 3.16. The molecule has 0 bridgehead atoms. The summed E-state index contributed by atoms with van der Waals surface area (Å²) in [5, 5.41) is 3.13. The lowest BCUT2D eigenvalue weighted by atomic mass is 9.90. The second-order valence-electron chi connectivity index (χ2n) is 6.32. The van der Waals surface area contributed by atoms with Crippen LogP contribution in [0.15, 0.2) is 18.2 Å². The van der Waals surface area contributed by atoms with Crippen LogP contribution in [0.4, 0.5) is 0 Å². The van der Waals surface area contributed by atoms with Gasteiger partial charge in [0.15, 0.2) is 0 Å². The summed E-state index contributed by atoms with van der Waals surface area (Å²) < 4.78 is 0. The molecule has 21 heavy (non-hydrogen) atoms. The molecule has 0 aliphatic heterocycles. The van der Waals surface area contributed by atoms with E-state index in [1.807, 2.05) is 6.07 Å². The van der Waals surface area contributed by atoms with E-state index in [4.69, 9.17) is 0 Å². The van der Waals surface area contributed by atoms with Crippen LogP contribution < -0.4 is 5.32 Å². The van der Waals surface area contributed by atoms with Gasteiger partial charge in [-0.05, 0) is 61.3 Å². The van der Waals surface area contributed by atoms with E-state index in [2.05, 4.69) is 31.3 Å². The molecular weight excluding hydrogens is 258 g/mol. The number of carbonyl (C=O) groups excluding carboxylic acids is 1. The molecule has 2 heteroatoms. The number of amides is 1. The highest BCUT2D eigenvalue weighted by Crippen LogP contribution is 2.22. The first-order chi connectivity index (χ1) is 10.2. The standard InChI is InChI=1S/C19H29NO/c1-3-5-8-15(4-2)14-20-19(21)18-12-11-16-9-6-7-10-17(16)13-18/h11-13,15H,3-10,14H2,1-2H3,(H,20,21). The van der Waals surface area contributed by atoms with Crippen molar-refractivity contribution in [1.82, 2.24) is 5.32 Å². The molecule has 1 aliphatic carbocycles. The first-order valence-electron chi connectivity index (χ1n) is 8.64. The molecule has 1 aliphatic rings. The molecule has 116 valence electrons. The largest absolute Gasteiger partial charge is 0.352 e. The zero-order valence-corrected chi connectivity index (χ0v) is 13.6. The number of rotatable bonds is 7.